The van der Waals surface area contributed by atoms with E-state index in [0.717, 1.165) is 16.3 Å². The van der Waals surface area contributed by atoms with E-state index in [2.05, 4.69) is 9.97 Å². The fourth-order valence-corrected chi connectivity index (χ4v) is 2.86. The molecule has 0 amide bonds. The molecule has 0 unspecified atom stereocenters. The summed E-state index contributed by atoms with van der Waals surface area (Å²) >= 11 is 7.28. The summed E-state index contributed by atoms with van der Waals surface area (Å²) in [4.78, 5) is 20.6. The lowest BCUT2D eigenvalue weighted by molar-refractivity contribution is -0.144. The highest BCUT2D eigenvalue weighted by Gasteiger charge is 2.10. The molecule has 0 aliphatic heterocycles. The number of carbonyl (C=O) groups excluding carboxylic acids is 1. The topological polar surface area (TPSA) is 52.1 Å². The van der Waals surface area contributed by atoms with Gasteiger partial charge in [-0.05, 0) is 29.8 Å². The van der Waals surface area contributed by atoms with E-state index in [1.54, 1.807) is 18.3 Å². The molecule has 6 heteroatoms. The zero-order chi connectivity index (χ0) is 16.1. The molecule has 0 bridgehead atoms. The van der Waals surface area contributed by atoms with Gasteiger partial charge in [-0.2, -0.15) is 0 Å². The largest absolute Gasteiger partial charge is 0.461 e. The number of aromatic nitrogens is 2. The number of halogens is 1. The van der Waals surface area contributed by atoms with Gasteiger partial charge < -0.3 is 4.74 Å². The fraction of sp³-hybridized carbons (Fsp3) is 0.118. The Balaban J connectivity index is 1.56. The molecule has 116 valence electrons. The molecule has 0 aliphatic carbocycles. The average molecular weight is 345 g/mol. The summed E-state index contributed by atoms with van der Waals surface area (Å²) in [5.74, 6) is -0.308. The van der Waals surface area contributed by atoms with Crippen molar-refractivity contribution in [1.29, 1.82) is 0 Å². The molecule has 0 fully saturated rings. The predicted octanol–water partition coefficient (Wildman–Crippen LogP) is 4.14. The van der Waals surface area contributed by atoms with Crippen molar-refractivity contribution in [1.82, 2.24) is 9.97 Å². The van der Waals surface area contributed by atoms with Gasteiger partial charge in [0.2, 0.25) is 0 Å². The molecular weight excluding hydrogens is 332 g/mol. The third-order valence-electron chi connectivity index (χ3n) is 3.07. The Morgan fingerprint density at radius 3 is 2.74 bits per heavy atom. The molecule has 0 saturated heterocycles. The van der Waals surface area contributed by atoms with E-state index in [1.165, 1.54) is 11.3 Å². The zero-order valence-corrected chi connectivity index (χ0v) is 13.7. The van der Waals surface area contributed by atoms with Gasteiger partial charge in [0.25, 0.3) is 0 Å². The van der Waals surface area contributed by atoms with E-state index in [1.807, 2.05) is 35.7 Å². The Morgan fingerprint density at radius 1 is 1.17 bits per heavy atom. The van der Waals surface area contributed by atoms with Crippen LogP contribution in [0.3, 0.4) is 0 Å². The van der Waals surface area contributed by atoms with E-state index in [4.69, 9.17) is 16.3 Å². The van der Waals surface area contributed by atoms with Gasteiger partial charge >= 0.3 is 5.97 Å². The summed E-state index contributed by atoms with van der Waals surface area (Å²) in [5.41, 5.74) is 2.39. The van der Waals surface area contributed by atoms with Crippen molar-refractivity contribution in [3.05, 3.63) is 70.3 Å². The van der Waals surface area contributed by atoms with E-state index in [0.29, 0.717) is 10.7 Å². The summed E-state index contributed by atoms with van der Waals surface area (Å²) in [6, 6.07) is 12.8. The number of benzene rings is 1. The lowest BCUT2D eigenvalue weighted by Gasteiger charge is -2.04. The standard InChI is InChI=1S/C17H13ClN2O2S/c18-13-6-4-12(5-7-13)10-22-16(21)9-14-11-23-17(20-14)15-3-1-2-8-19-15/h1-8,11H,9-10H2. The van der Waals surface area contributed by atoms with Crippen molar-refractivity contribution in [2.75, 3.05) is 0 Å². The van der Waals surface area contributed by atoms with Crippen LogP contribution in [0.15, 0.2) is 54.0 Å². The monoisotopic (exact) mass is 344 g/mol. The molecule has 0 aliphatic rings. The van der Waals surface area contributed by atoms with Crippen molar-refractivity contribution in [2.24, 2.45) is 0 Å². The third kappa shape index (κ3) is 4.37. The maximum atomic E-state index is 11.9. The molecule has 0 saturated carbocycles. The van der Waals surface area contributed by atoms with Gasteiger partial charge in [-0.1, -0.05) is 29.8 Å². The maximum Gasteiger partial charge on any atom is 0.312 e. The number of rotatable bonds is 5. The number of nitrogens with zero attached hydrogens (tertiary/aromatic N) is 2. The first-order chi connectivity index (χ1) is 11.2. The van der Waals surface area contributed by atoms with Crippen LogP contribution in [0.5, 0.6) is 0 Å². The number of ether oxygens (including phenoxy) is 1. The Morgan fingerprint density at radius 2 is 2.00 bits per heavy atom. The molecule has 0 radical (unpaired) electrons. The minimum Gasteiger partial charge on any atom is -0.461 e. The Kier molecular flexibility index (Phi) is 5.00. The van der Waals surface area contributed by atoms with Crippen molar-refractivity contribution in [3.8, 4) is 10.7 Å². The van der Waals surface area contributed by atoms with Gasteiger partial charge in [-0.3, -0.25) is 9.78 Å². The SMILES string of the molecule is O=C(Cc1csc(-c2ccccn2)n1)OCc1ccc(Cl)cc1. The highest BCUT2D eigenvalue weighted by molar-refractivity contribution is 7.13. The number of hydrogen-bond donors (Lipinski definition) is 0. The van der Waals surface area contributed by atoms with E-state index in [-0.39, 0.29) is 19.0 Å². The lowest BCUT2D eigenvalue weighted by Crippen LogP contribution is -2.08. The van der Waals surface area contributed by atoms with Crippen LogP contribution in [0.2, 0.25) is 5.02 Å². The molecule has 2 heterocycles. The molecule has 3 rings (SSSR count). The molecule has 2 aromatic heterocycles. The van der Waals surface area contributed by atoms with Gasteiger partial charge in [0.1, 0.15) is 11.6 Å². The van der Waals surface area contributed by atoms with Crippen LogP contribution in [0.1, 0.15) is 11.3 Å². The highest BCUT2D eigenvalue weighted by Crippen LogP contribution is 2.21. The summed E-state index contributed by atoms with van der Waals surface area (Å²) in [7, 11) is 0. The van der Waals surface area contributed by atoms with Crippen molar-refractivity contribution in [3.63, 3.8) is 0 Å². The van der Waals surface area contributed by atoms with Gasteiger partial charge in [0, 0.05) is 16.6 Å². The van der Waals surface area contributed by atoms with Crippen molar-refractivity contribution < 1.29 is 9.53 Å². The first kappa shape index (κ1) is 15.6. The van der Waals surface area contributed by atoms with E-state index >= 15 is 0 Å². The maximum absolute atomic E-state index is 11.9. The molecular formula is C17H13ClN2O2S. The summed E-state index contributed by atoms with van der Waals surface area (Å²) in [5, 5.41) is 3.31. The smallest absolute Gasteiger partial charge is 0.312 e. The number of esters is 1. The Bertz CT molecular complexity index is 788. The first-order valence-corrected chi connectivity index (χ1v) is 8.22. The van der Waals surface area contributed by atoms with Gasteiger partial charge in [-0.15, -0.1) is 11.3 Å². The van der Waals surface area contributed by atoms with E-state index in [9.17, 15) is 4.79 Å². The molecule has 0 spiro atoms. The lowest BCUT2D eigenvalue weighted by atomic mass is 10.2. The zero-order valence-electron chi connectivity index (χ0n) is 12.1. The molecule has 4 nitrogen and oxygen atoms in total. The van der Waals surface area contributed by atoms with Crippen LogP contribution < -0.4 is 0 Å². The van der Waals surface area contributed by atoms with E-state index < -0.39 is 0 Å². The van der Waals surface area contributed by atoms with Crippen LogP contribution in [0.25, 0.3) is 10.7 Å². The molecule has 3 aromatic rings. The summed E-state index contributed by atoms with van der Waals surface area (Å²) < 4.78 is 5.25. The molecule has 1 aromatic carbocycles. The summed E-state index contributed by atoms with van der Waals surface area (Å²) in [6.07, 6.45) is 1.87. The second-order valence-corrected chi connectivity index (χ2v) is 6.12. The van der Waals surface area contributed by atoms with Gasteiger partial charge in [0.15, 0.2) is 0 Å². The molecule has 0 atom stereocenters. The number of thiazole rings is 1. The minimum absolute atomic E-state index is 0.150. The number of carbonyl (C=O) groups is 1. The van der Waals surface area contributed by atoms with Gasteiger partial charge in [-0.25, -0.2) is 4.98 Å². The van der Waals surface area contributed by atoms with Crippen LogP contribution in [-0.2, 0) is 22.6 Å². The normalized spacial score (nSPS) is 10.5. The fourth-order valence-electron chi connectivity index (χ4n) is 1.94. The van der Waals surface area contributed by atoms with Crippen molar-refractivity contribution >= 4 is 28.9 Å². The first-order valence-electron chi connectivity index (χ1n) is 6.96. The van der Waals surface area contributed by atoms with Crippen LogP contribution in [-0.4, -0.2) is 15.9 Å². The highest BCUT2D eigenvalue weighted by atomic mass is 35.5. The molecule has 0 N–H and O–H groups in total. The minimum atomic E-state index is -0.308. The van der Waals surface area contributed by atoms with Gasteiger partial charge in [0.05, 0.1) is 17.8 Å². The number of pyridine rings is 1. The predicted molar refractivity (Wildman–Crippen MR) is 90.3 cm³/mol. The number of hydrogen-bond acceptors (Lipinski definition) is 5. The second-order valence-electron chi connectivity index (χ2n) is 4.82. The van der Waals surface area contributed by atoms with Crippen LogP contribution in [0, 0.1) is 0 Å². The van der Waals surface area contributed by atoms with Crippen LogP contribution >= 0.6 is 22.9 Å². The Labute approximate surface area is 142 Å². The quantitative estimate of drug-likeness (QED) is 0.652. The summed E-state index contributed by atoms with van der Waals surface area (Å²) in [6.45, 7) is 0.229. The van der Waals surface area contributed by atoms with Crippen LogP contribution in [0.4, 0.5) is 0 Å². The Hall–Kier alpha value is -2.24. The second kappa shape index (κ2) is 7.35. The van der Waals surface area contributed by atoms with Crippen molar-refractivity contribution in [2.45, 2.75) is 13.0 Å². The average Bonchev–Trinajstić information content (AvgIpc) is 3.04. The third-order valence-corrected chi connectivity index (χ3v) is 4.24. The molecule has 23 heavy (non-hydrogen) atoms.